The maximum Gasteiger partial charge on any atom is 0.293 e. The maximum atomic E-state index is 13.6. The number of benzene rings is 1. The number of H-pyrrole nitrogens is 1. The van der Waals surface area contributed by atoms with E-state index in [9.17, 15) is 14.0 Å². The maximum absolute atomic E-state index is 13.6. The number of ketones is 1. The zero-order valence-corrected chi connectivity index (χ0v) is 13.1. The Labute approximate surface area is 135 Å². The molecule has 0 radical (unpaired) electrons. The van der Waals surface area contributed by atoms with Crippen LogP contribution in [-0.4, -0.2) is 21.2 Å². The van der Waals surface area contributed by atoms with Gasteiger partial charge in [-0.15, -0.1) is 0 Å². The lowest BCUT2D eigenvalue weighted by Gasteiger charge is -2.02. The fourth-order valence-electron chi connectivity index (χ4n) is 2.66. The summed E-state index contributed by atoms with van der Waals surface area (Å²) in [6.45, 7) is 3.60. The van der Waals surface area contributed by atoms with Gasteiger partial charge in [-0.1, -0.05) is 12.1 Å². The lowest BCUT2D eigenvalue weighted by molar-refractivity contribution is -0.108. The van der Waals surface area contributed by atoms with Crippen LogP contribution in [-0.2, 0) is 11.2 Å². The second kappa shape index (κ2) is 5.62. The van der Waals surface area contributed by atoms with Crippen molar-refractivity contribution in [3.8, 4) is 11.3 Å². The SMILES string of the molecule is CCc1onc(C)c1-c1[nH]c2ccc(F)cc2c1C(=O)C(=O)Cl. The Balaban J connectivity index is 2.40. The fraction of sp³-hybridized carbons (Fsp3) is 0.188. The quantitative estimate of drug-likeness (QED) is 0.447. The summed E-state index contributed by atoms with van der Waals surface area (Å²) in [6, 6.07) is 3.95. The number of hydrogen-bond donors (Lipinski definition) is 1. The van der Waals surface area contributed by atoms with Crippen LogP contribution < -0.4 is 0 Å². The Morgan fingerprint density at radius 1 is 1.39 bits per heavy atom. The summed E-state index contributed by atoms with van der Waals surface area (Å²) in [5.41, 5.74) is 2.06. The van der Waals surface area contributed by atoms with Gasteiger partial charge in [0.1, 0.15) is 11.6 Å². The van der Waals surface area contributed by atoms with Gasteiger partial charge >= 0.3 is 0 Å². The van der Waals surface area contributed by atoms with E-state index in [2.05, 4.69) is 10.1 Å². The molecule has 0 saturated carbocycles. The van der Waals surface area contributed by atoms with Crippen molar-refractivity contribution in [2.24, 2.45) is 0 Å². The molecule has 0 aliphatic heterocycles. The molecule has 0 saturated heterocycles. The number of fused-ring (bicyclic) bond motifs is 1. The molecular weight excluding hydrogens is 323 g/mol. The molecule has 0 amide bonds. The minimum absolute atomic E-state index is 0.0282. The van der Waals surface area contributed by atoms with Gasteiger partial charge < -0.3 is 9.51 Å². The van der Waals surface area contributed by atoms with E-state index in [0.29, 0.717) is 40.0 Å². The Morgan fingerprint density at radius 3 is 2.78 bits per heavy atom. The van der Waals surface area contributed by atoms with Crippen LogP contribution in [0, 0.1) is 12.7 Å². The first-order valence-electron chi connectivity index (χ1n) is 6.95. The molecular formula is C16H12ClFN2O3. The average molecular weight is 335 g/mol. The van der Waals surface area contributed by atoms with Crippen molar-refractivity contribution in [3.63, 3.8) is 0 Å². The van der Waals surface area contributed by atoms with Crippen LogP contribution in [0.1, 0.15) is 28.7 Å². The Hall–Kier alpha value is -2.47. The highest BCUT2D eigenvalue weighted by atomic mass is 35.5. The summed E-state index contributed by atoms with van der Waals surface area (Å²) >= 11 is 5.37. The number of nitrogens with zero attached hydrogens (tertiary/aromatic N) is 1. The molecule has 3 rings (SSSR count). The summed E-state index contributed by atoms with van der Waals surface area (Å²) in [5.74, 6) is -0.858. The largest absolute Gasteiger partial charge is 0.360 e. The molecule has 2 heterocycles. The predicted molar refractivity (Wildman–Crippen MR) is 83.1 cm³/mol. The number of rotatable bonds is 4. The molecule has 0 aliphatic carbocycles. The highest BCUT2D eigenvalue weighted by Gasteiger charge is 2.27. The van der Waals surface area contributed by atoms with Gasteiger partial charge in [0.15, 0.2) is 0 Å². The zero-order valence-electron chi connectivity index (χ0n) is 12.4. The molecule has 7 heteroatoms. The number of aryl methyl sites for hydroxylation is 2. The van der Waals surface area contributed by atoms with Crippen LogP contribution in [0.2, 0.25) is 0 Å². The minimum atomic E-state index is -1.14. The molecule has 0 unspecified atom stereocenters. The van der Waals surface area contributed by atoms with Gasteiger partial charge in [0.2, 0.25) is 5.78 Å². The number of Topliss-reactive ketones (excluding diaryl/α,β-unsaturated/α-hetero) is 1. The second-order valence-electron chi connectivity index (χ2n) is 5.09. The lowest BCUT2D eigenvalue weighted by Crippen LogP contribution is -2.08. The summed E-state index contributed by atoms with van der Waals surface area (Å²) in [5, 5.41) is 3.06. The number of hydrogen-bond acceptors (Lipinski definition) is 4. The van der Waals surface area contributed by atoms with Crippen LogP contribution in [0.15, 0.2) is 22.7 Å². The molecule has 0 atom stereocenters. The first kappa shape index (κ1) is 15.4. The van der Waals surface area contributed by atoms with Crippen LogP contribution in [0.5, 0.6) is 0 Å². The Kier molecular flexibility index (Phi) is 3.77. The van der Waals surface area contributed by atoms with Gasteiger partial charge in [0, 0.05) is 17.3 Å². The fourth-order valence-corrected chi connectivity index (χ4v) is 2.76. The van der Waals surface area contributed by atoms with Crippen molar-refractivity contribution in [1.29, 1.82) is 0 Å². The first-order chi connectivity index (χ1) is 10.9. The predicted octanol–water partition coefficient (Wildman–Crippen LogP) is 3.78. The number of halogens is 2. The lowest BCUT2D eigenvalue weighted by atomic mass is 10.0. The molecule has 3 aromatic rings. The van der Waals surface area contributed by atoms with E-state index in [0.717, 1.165) is 0 Å². The van der Waals surface area contributed by atoms with Crippen LogP contribution in [0.3, 0.4) is 0 Å². The molecule has 2 aromatic heterocycles. The zero-order chi connectivity index (χ0) is 16.7. The summed E-state index contributed by atoms with van der Waals surface area (Å²) in [6.07, 6.45) is 0.544. The van der Waals surface area contributed by atoms with E-state index in [4.69, 9.17) is 16.1 Å². The van der Waals surface area contributed by atoms with Gasteiger partial charge in [0.25, 0.3) is 5.24 Å². The van der Waals surface area contributed by atoms with Crippen molar-refractivity contribution in [1.82, 2.24) is 10.1 Å². The van der Waals surface area contributed by atoms with Crippen LogP contribution in [0.25, 0.3) is 22.2 Å². The number of aromatic nitrogens is 2. The van der Waals surface area contributed by atoms with Crippen LogP contribution in [0.4, 0.5) is 4.39 Å². The standard InChI is InChI=1S/C16H12ClFN2O3/c1-3-11-12(7(2)20-23-11)14-13(15(21)16(17)22)9-6-8(18)4-5-10(9)19-14/h4-6,19H,3H2,1-2H3. The normalized spacial score (nSPS) is 11.1. The smallest absolute Gasteiger partial charge is 0.293 e. The Bertz CT molecular complexity index is 942. The van der Waals surface area contributed by atoms with Gasteiger partial charge in [-0.2, -0.15) is 0 Å². The number of nitrogens with one attached hydrogen (secondary N) is 1. The second-order valence-corrected chi connectivity index (χ2v) is 5.43. The first-order valence-corrected chi connectivity index (χ1v) is 7.32. The molecule has 5 nitrogen and oxygen atoms in total. The van der Waals surface area contributed by atoms with Crippen molar-refractivity contribution in [3.05, 3.63) is 41.0 Å². The highest BCUT2D eigenvalue weighted by molar-refractivity contribution is 6.83. The number of carbonyl (C=O) groups excluding carboxylic acids is 2. The summed E-state index contributed by atoms with van der Waals surface area (Å²) in [7, 11) is 0. The molecule has 23 heavy (non-hydrogen) atoms. The topological polar surface area (TPSA) is 76.0 Å². The van der Waals surface area contributed by atoms with Gasteiger partial charge in [-0.25, -0.2) is 4.39 Å². The van der Waals surface area contributed by atoms with Gasteiger partial charge in [0.05, 0.1) is 22.5 Å². The van der Waals surface area contributed by atoms with Gasteiger partial charge in [-0.05, 0) is 36.7 Å². The molecule has 1 aromatic carbocycles. The third kappa shape index (κ3) is 2.45. The Morgan fingerprint density at radius 2 is 2.13 bits per heavy atom. The molecule has 118 valence electrons. The van der Waals surface area contributed by atoms with E-state index in [-0.39, 0.29) is 5.56 Å². The molecule has 0 spiro atoms. The van der Waals surface area contributed by atoms with E-state index in [1.54, 1.807) is 6.92 Å². The van der Waals surface area contributed by atoms with Crippen molar-refractivity contribution in [2.45, 2.75) is 20.3 Å². The number of aromatic amines is 1. The molecule has 0 bridgehead atoms. The molecule has 0 aliphatic rings. The van der Waals surface area contributed by atoms with Gasteiger partial charge in [-0.3, -0.25) is 9.59 Å². The summed E-state index contributed by atoms with van der Waals surface area (Å²) < 4.78 is 18.8. The van der Waals surface area contributed by atoms with E-state index >= 15 is 0 Å². The van der Waals surface area contributed by atoms with Crippen molar-refractivity contribution in [2.75, 3.05) is 0 Å². The third-order valence-electron chi connectivity index (χ3n) is 3.67. The average Bonchev–Trinajstić information content (AvgIpc) is 3.05. The third-order valence-corrected chi connectivity index (χ3v) is 3.84. The van der Waals surface area contributed by atoms with Crippen molar-refractivity contribution >= 4 is 33.5 Å². The number of carbonyl (C=O) groups is 2. The molecule has 1 N–H and O–H groups in total. The van der Waals surface area contributed by atoms with E-state index in [1.165, 1.54) is 18.2 Å². The molecule has 0 fully saturated rings. The van der Waals surface area contributed by atoms with E-state index < -0.39 is 16.8 Å². The van der Waals surface area contributed by atoms with E-state index in [1.807, 2.05) is 6.92 Å². The van der Waals surface area contributed by atoms with Crippen LogP contribution >= 0.6 is 11.6 Å². The van der Waals surface area contributed by atoms with Crippen molar-refractivity contribution < 1.29 is 18.5 Å². The summed E-state index contributed by atoms with van der Waals surface area (Å²) in [4.78, 5) is 26.7. The highest BCUT2D eigenvalue weighted by Crippen LogP contribution is 2.35. The monoisotopic (exact) mass is 334 g/mol. The minimum Gasteiger partial charge on any atom is -0.360 e.